The van der Waals surface area contributed by atoms with E-state index in [1.807, 2.05) is 26.0 Å². The van der Waals surface area contributed by atoms with Crippen LogP contribution in [0.4, 0.5) is 0 Å². The van der Waals surface area contributed by atoms with E-state index in [1.54, 1.807) is 36.4 Å². The molecule has 0 saturated carbocycles. The molecule has 12 aliphatic rings. The number of carbonyl (C=O) groups is 2. The van der Waals surface area contributed by atoms with E-state index in [0.29, 0.717) is 22.8 Å². The van der Waals surface area contributed by atoms with Crippen LogP contribution in [-0.4, -0.2) is 60.4 Å². The van der Waals surface area contributed by atoms with E-state index in [4.69, 9.17) is 19.9 Å². The molecule has 0 spiro atoms. The Morgan fingerprint density at radius 3 is 1.13 bits per heavy atom. The summed E-state index contributed by atoms with van der Waals surface area (Å²) in [6.07, 6.45) is 0. The number of carboxylic acids is 2. The fraction of sp³-hybridized carbons (Fsp3) is 0.0870. The molecule has 16 bridgehead atoms. The molecule has 2 N–H and O–H groups in total. The molecule has 60 heavy (non-hydrogen) atoms. The summed E-state index contributed by atoms with van der Waals surface area (Å²) in [6, 6.07) is 38.9. The first-order valence-electron chi connectivity index (χ1n) is 19.0. The molecule has 0 saturated heterocycles. The third-order valence-electron chi connectivity index (χ3n) is 11.4. The van der Waals surface area contributed by atoms with E-state index in [-0.39, 0.29) is 19.5 Å². The van der Waals surface area contributed by atoms with Gasteiger partial charge in [-0.2, -0.15) is 0 Å². The summed E-state index contributed by atoms with van der Waals surface area (Å²) in [7, 11) is 0. The van der Waals surface area contributed by atoms with Crippen LogP contribution in [0.1, 0.15) is 40.7 Å². The van der Waals surface area contributed by atoms with E-state index in [0.717, 1.165) is 78.0 Å². The van der Waals surface area contributed by atoms with Crippen molar-refractivity contribution in [3.05, 3.63) is 144 Å². The minimum Gasteiger partial charge on any atom is -0.478 e. The fourth-order valence-electron chi connectivity index (χ4n) is 8.54. The largest absolute Gasteiger partial charge is 0.478 e. The SMILES string of the molecule is Cc1nc2cc3ccc2n1C(I)n1c(-c2cccc(C(=O)O)c2)nc2cc(ccc21)-c1ccc2c(c1)nc(C)n2C(I)n1c(-c2cccc(C(=O)O)c2)nc2cc-3ccc21. The molecule has 4 aromatic heterocycles. The Kier molecular flexibility index (Phi) is 8.29. The number of benzene rings is 6. The molecule has 2 unspecified atom stereocenters. The van der Waals surface area contributed by atoms with Crippen molar-refractivity contribution in [2.45, 2.75) is 22.2 Å². The van der Waals surface area contributed by atoms with Crippen molar-refractivity contribution in [1.29, 1.82) is 0 Å². The second-order valence-electron chi connectivity index (χ2n) is 14.9. The molecule has 16 heterocycles. The number of aryl methyl sites for hydroxylation is 2. The van der Waals surface area contributed by atoms with Crippen LogP contribution >= 0.6 is 45.2 Å². The zero-order valence-electron chi connectivity index (χ0n) is 31.7. The van der Waals surface area contributed by atoms with Crippen molar-refractivity contribution in [1.82, 2.24) is 38.2 Å². The highest BCUT2D eigenvalue weighted by molar-refractivity contribution is 14.1. The second-order valence-corrected chi connectivity index (χ2v) is 17.1. The van der Waals surface area contributed by atoms with Gasteiger partial charge >= 0.3 is 11.9 Å². The summed E-state index contributed by atoms with van der Waals surface area (Å²) < 4.78 is 7.99. The number of halogens is 2. The highest BCUT2D eigenvalue weighted by atomic mass is 127. The van der Waals surface area contributed by atoms with Crippen LogP contribution in [0.15, 0.2) is 121 Å². The van der Waals surface area contributed by atoms with Gasteiger partial charge in [0, 0.05) is 11.1 Å². The van der Waals surface area contributed by atoms with E-state index in [2.05, 4.69) is 136 Å². The Morgan fingerprint density at radius 1 is 0.450 bits per heavy atom. The molecule has 0 amide bonds. The van der Waals surface area contributed by atoms with E-state index < -0.39 is 11.9 Å². The molecule has 12 aliphatic heterocycles. The van der Waals surface area contributed by atoms with Gasteiger partial charge in [0.05, 0.1) is 55.3 Å². The minimum absolute atomic E-state index is 0.183. The van der Waals surface area contributed by atoms with Crippen molar-refractivity contribution in [2.24, 2.45) is 0 Å². The van der Waals surface area contributed by atoms with Gasteiger partial charge in [-0.3, -0.25) is 18.3 Å². The Balaban J connectivity index is 1.19. The maximum atomic E-state index is 12.1. The van der Waals surface area contributed by atoms with Gasteiger partial charge in [0.2, 0.25) is 0 Å². The van der Waals surface area contributed by atoms with Crippen molar-refractivity contribution in [2.75, 3.05) is 0 Å². The Morgan fingerprint density at radius 2 is 0.783 bits per heavy atom. The summed E-state index contributed by atoms with van der Waals surface area (Å²) >= 11 is 4.84. The van der Waals surface area contributed by atoms with E-state index >= 15 is 0 Å². The number of hydrogen-bond acceptors (Lipinski definition) is 6. The summed E-state index contributed by atoms with van der Waals surface area (Å²) in [5.74, 6) is 0.884. The van der Waals surface area contributed by atoms with Gasteiger partial charge in [0.15, 0.2) is 8.35 Å². The van der Waals surface area contributed by atoms with Crippen LogP contribution in [0.5, 0.6) is 0 Å². The Hall–Kier alpha value is -6.40. The number of imidazole rings is 4. The molecule has 0 aliphatic carbocycles. The molecule has 0 radical (unpaired) electrons. The molecule has 10 aromatic rings. The molecule has 292 valence electrons. The van der Waals surface area contributed by atoms with Gasteiger partial charge in [-0.25, -0.2) is 29.5 Å². The Labute approximate surface area is 368 Å². The predicted molar refractivity (Wildman–Crippen MR) is 248 cm³/mol. The molecule has 0 fully saturated rings. The lowest BCUT2D eigenvalue weighted by Gasteiger charge is -2.21. The van der Waals surface area contributed by atoms with Crippen LogP contribution in [0.3, 0.4) is 0 Å². The minimum atomic E-state index is -1.00. The van der Waals surface area contributed by atoms with Crippen molar-refractivity contribution < 1.29 is 19.8 Å². The molecule has 12 nitrogen and oxygen atoms in total. The quantitative estimate of drug-likeness (QED) is 0.131. The third kappa shape index (κ3) is 5.60. The highest BCUT2D eigenvalue weighted by Gasteiger charge is 2.27. The molecular weight excluding hydrogens is 982 g/mol. The first-order valence-corrected chi connectivity index (χ1v) is 21.5. The summed E-state index contributed by atoms with van der Waals surface area (Å²) in [5.41, 5.74) is 12.4. The van der Waals surface area contributed by atoms with Gasteiger partial charge in [-0.15, -0.1) is 0 Å². The maximum Gasteiger partial charge on any atom is 0.335 e. The molecule has 14 heteroatoms. The molecule has 2 atom stereocenters. The topological polar surface area (TPSA) is 146 Å². The average molecular weight is 1010 g/mol. The maximum absolute atomic E-state index is 12.1. The Bertz CT molecular complexity index is 3260. The average Bonchev–Trinajstić information content (AvgIpc) is 4.01. The fourth-order valence-corrected chi connectivity index (χ4v) is 11.1. The second kappa shape index (κ2) is 13.6. The first kappa shape index (κ1) is 36.7. The third-order valence-corrected chi connectivity index (χ3v) is 13.6. The number of alkyl halides is 2. The molecule has 6 aromatic carbocycles. The van der Waals surface area contributed by atoms with E-state index in [1.165, 1.54) is 0 Å². The van der Waals surface area contributed by atoms with Crippen LogP contribution < -0.4 is 0 Å². The lowest BCUT2D eigenvalue weighted by Crippen LogP contribution is -2.15. The smallest absolute Gasteiger partial charge is 0.335 e. The lowest BCUT2D eigenvalue weighted by molar-refractivity contribution is 0.0686. The standard InChI is InChI=1S/C46H30I2N8O4/c1-23-49-33-19-25-9-13-37(33)53(23)45(47)55-39-15-11-28(22-35(39)51-41(55)29-5-3-7-31(17-29)43(57)58)26-10-14-38-34(20-26)50-24(2)54(38)46(48)56-40-16-12-27(25)21-36(40)52-42(56)30-6-4-8-32(18-30)44(59)60/h3-22,45-46H,1-2H3,(H,57,58)(H,59,60). The van der Waals surface area contributed by atoms with Gasteiger partial charge in [-0.05, 0) is 154 Å². The summed E-state index contributed by atoms with van der Waals surface area (Å²) in [6.45, 7) is 3.99. The van der Waals surface area contributed by atoms with E-state index in [9.17, 15) is 19.8 Å². The van der Waals surface area contributed by atoms with Crippen molar-refractivity contribution >= 4 is 101 Å². The number of aromatic nitrogens is 8. The van der Waals surface area contributed by atoms with Gasteiger partial charge < -0.3 is 10.2 Å². The molecular formula is C46H30I2N8O4. The summed E-state index contributed by atoms with van der Waals surface area (Å²) in [4.78, 5) is 44.8. The number of aromatic carboxylic acids is 2. The van der Waals surface area contributed by atoms with Gasteiger partial charge in [0.1, 0.15) is 23.3 Å². The number of nitrogens with zero attached hydrogens (tertiary/aromatic N) is 8. The number of rotatable bonds is 4. The lowest BCUT2D eigenvalue weighted by atomic mass is 10.0. The van der Waals surface area contributed by atoms with Gasteiger partial charge in [-0.1, -0.05) is 48.5 Å². The van der Waals surface area contributed by atoms with Crippen molar-refractivity contribution in [3.8, 4) is 45.0 Å². The zero-order chi connectivity index (χ0) is 41.1. The van der Waals surface area contributed by atoms with Crippen LogP contribution in [0, 0.1) is 13.8 Å². The number of carboxylic acid groups (broad SMARTS) is 2. The predicted octanol–water partition coefficient (Wildman–Crippen LogP) is 11.0. The normalized spacial score (nSPS) is 14.9. The number of hydrogen-bond donors (Lipinski definition) is 2. The monoisotopic (exact) mass is 1010 g/mol. The van der Waals surface area contributed by atoms with Crippen LogP contribution in [0.25, 0.3) is 89.2 Å². The highest BCUT2D eigenvalue weighted by Crippen LogP contribution is 2.41. The van der Waals surface area contributed by atoms with Crippen LogP contribution in [-0.2, 0) is 0 Å². The molecule has 22 rings (SSSR count). The summed E-state index contributed by atoms with van der Waals surface area (Å²) in [5, 5.41) is 19.8. The zero-order valence-corrected chi connectivity index (χ0v) is 36.1. The van der Waals surface area contributed by atoms with Gasteiger partial charge in [0.25, 0.3) is 0 Å². The first-order chi connectivity index (χ1) is 29.0. The van der Waals surface area contributed by atoms with Crippen LogP contribution in [0.2, 0.25) is 0 Å². The van der Waals surface area contributed by atoms with Crippen molar-refractivity contribution in [3.63, 3.8) is 0 Å².